The molecule has 3 rings (SSSR count). The number of nitrogens with zero attached hydrogens (tertiary/aromatic N) is 2. The molecule has 3 aromatic rings. The molecule has 6 heteroatoms. The fraction of sp³-hybridized carbons (Fsp3) is 0.133. The molecule has 0 saturated carbocycles. The highest BCUT2D eigenvalue weighted by atomic mass is 32.1. The lowest BCUT2D eigenvalue weighted by Crippen LogP contribution is -1.98. The van der Waals surface area contributed by atoms with Crippen LogP contribution in [0.25, 0.3) is 11.0 Å². The first-order valence-electron chi connectivity index (χ1n) is 6.45. The third-order valence-corrected chi connectivity index (χ3v) is 4.06. The topological polar surface area (TPSA) is 75.1 Å². The van der Waals surface area contributed by atoms with Crippen molar-refractivity contribution in [3.05, 3.63) is 52.5 Å². The Balaban J connectivity index is 1.68. The molecule has 0 saturated heterocycles. The molecule has 0 bridgehead atoms. The number of carboxylic acid groups (broad SMARTS) is 1. The molecule has 5 nitrogen and oxygen atoms in total. The Morgan fingerprint density at radius 1 is 1.10 bits per heavy atom. The van der Waals surface area contributed by atoms with Crippen LogP contribution in [-0.2, 0) is 17.8 Å². The largest absolute Gasteiger partial charge is 0.481 e. The number of rotatable bonds is 5. The van der Waals surface area contributed by atoms with Crippen molar-refractivity contribution in [2.45, 2.75) is 13.0 Å². The van der Waals surface area contributed by atoms with Gasteiger partial charge >= 0.3 is 5.97 Å². The van der Waals surface area contributed by atoms with Crippen LogP contribution in [0.4, 0.5) is 5.69 Å². The van der Waals surface area contributed by atoms with Gasteiger partial charge in [0.15, 0.2) is 0 Å². The normalized spacial score (nSPS) is 10.7. The molecule has 0 amide bonds. The SMILES string of the molecule is O=C(O)Cc1ccc(CNc2ccc3nccnc3c2)s1. The Labute approximate surface area is 125 Å². The van der Waals surface area contributed by atoms with Gasteiger partial charge in [0, 0.05) is 34.4 Å². The third kappa shape index (κ3) is 3.35. The first kappa shape index (κ1) is 13.5. The number of benzene rings is 1. The molecule has 2 N–H and O–H groups in total. The summed E-state index contributed by atoms with van der Waals surface area (Å²) in [7, 11) is 0. The number of hydrogen-bond donors (Lipinski definition) is 2. The zero-order valence-corrected chi connectivity index (χ0v) is 11.9. The molecule has 0 spiro atoms. The minimum Gasteiger partial charge on any atom is -0.481 e. The second kappa shape index (κ2) is 5.88. The van der Waals surface area contributed by atoms with E-state index in [-0.39, 0.29) is 6.42 Å². The van der Waals surface area contributed by atoms with E-state index in [1.165, 1.54) is 11.3 Å². The van der Waals surface area contributed by atoms with Crippen LogP contribution in [0.1, 0.15) is 9.75 Å². The van der Waals surface area contributed by atoms with Gasteiger partial charge in [0.05, 0.1) is 17.5 Å². The van der Waals surface area contributed by atoms with E-state index in [1.807, 2.05) is 30.3 Å². The quantitative estimate of drug-likeness (QED) is 0.757. The predicted octanol–water partition coefficient (Wildman–Crippen LogP) is 2.93. The summed E-state index contributed by atoms with van der Waals surface area (Å²) in [6.07, 6.45) is 3.42. The summed E-state index contributed by atoms with van der Waals surface area (Å²) in [4.78, 5) is 21.1. The maximum Gasteiger partial charge on any atom is 0.308 e. The maximum atomic E-state index is 10.7. The van der Waals surface area contributed by atoms with Crippen molar-refractivity contribution in [1.29, 1.82) is 0 Å². The summed E-state index contributed by atoms with van der Waals surface area (Å²) in [5, 5.41) is 12.1. The lowest BCUT2D eigenvalue weighted by molar-refractivity contribution is -0.136. The van der Waals surface area contributed by atoms with Crippen LogP contribution < -0.4 is 5.32 Å². The first-order chi connectivity index (χ1) is 10.2. The van der Waals surface area contributed by atoms with Crippen LogP contribution >= 0.6 is 11.3 Å². The van der Waals surface area contributed by atoms with Crippen LogP contribution in [0.2, 0.25) is 0 Å². The number of anilines is 1. The fourth-order valence-corrected chi connectivity index (χ4v) is 2.97. The second-order valence-electron chi connectivity index (χ2n) is 4.55. The van der Waals surface area contributed by atoms with E-state index in [4.69, 9.17) is 5.11 Å². The van der Waals surface area contributed by atoms with Gasteiger partial charge < -0.3 is 10.4 Å². The van der Waals surface area contributed by atoms with Gasteiger partial charge in [0.25, 0.3) is 0 Å². The number of thiophene rings is 1. The molecule has 106 valence electrons. The van der Waals surface area contributed by atoms with Gasteiger partial charge in [0.1, 0.15) is 0 Å². The van der Waals surface area contributed by atoms with E-state index in [1.54, 1.807) is 12.4 Å². The minimum absolute atomic E-state index is 0.0796. The van der Waals surface area contributed by atoms with Gasteiger partial charge in [-0.25, -0.2) is 0 Å². The lowest BCUT2D eigenvalue weighted by Gasteiger charge is -2.05. The number of carboxylic acids is 1. The van der Waals surface area contributed by atoms with Gasteiger partial charge in [-0.15, -0.1) is 11.3 Å². The smallest absolute Gasteiger partial charge is 0.308 e. The van der Waals surface area contributed by atoms with Crippen molar-refractivity contribution in [3.8, 4) is 0 Å². The van der Waals surface area contributed by atoms with Gasteiger partial charge in [0.2, 0.25) is 0 Å². The maximum absolute atomic E-state index is 10.7. The predicted molar refractivity (Wildman–Crippen MR) is 82.5 cm³/mol. The average molecular weight is 299 g/mol. The summed E-state index contributed by atoms with van der Waals surface area (Å²) >= 11 is 1.51. The van der Waals surface area contributed by atoms with E-state index in [0.29, 0.717) is 6.54 Å². The number of nitrogens with one attached hydrogen (secondary N) is 1. The molecular formula is C15H13N3O2S. The molecule has 0 aliphatic rings. The molecule has 0 unspecified atom stereocenters. The van der Waals surface area contributed by atoms with Crippen LogP contribution in [0.15, 0.2) is 42.7 Å². The molecular weight excluding hydrogens is 286 g/mol. The highest BCUT2D eigenvalue weighted by Crippen LogP contribution is 2.20. The summed E-state index contributed by atoms with van der Waals surface area (Å²) in [5.41, 5.74) is 2.68. The molecule has 0 aliphatic carbocycles. The molecule has 1 aromatic carbocycles. The zero-order chi connectivity index (χ0) is 14.7. The molecule has 0 fully saturated rings. The van der Waals surface area contributed by atoms with Crippen LogP contribution in [0, 0.1) is 0 Å². The summed E-state index contributed by atoms with van der Waals surface area (Å²) in [6, 6.07) is 9.66. The Morgan fingerprint density at radius 2 is 1.86 bits per heavy atom. The van der Waals surface area contributed by atoms with Crippen LogP contribution in [0.5, 0.6) is 0 Å². The summed E-state index contributed by atoms with van der Waals surface area (Å²) in [5.74, 6) is -0.801. The number of fused-ring (bicyclic) bond motifs is 1. The molecule has 2 aromatic heterocycles. The second-order valence-corrected chi connectivity index (χ2v) is 5.80. The Bertz CT molecular complexity index is 785. The van der Waals surface area contributed by atoms with E-state index < -0.39 is 5.97 Å². The van der Waals surface area contributed by atoms with Crippen molar-refractivity contribution < 1.29 is 9.90 Å². The Hall–Kier alpha value is -2.47. The Kier molecular flexibility index (Phi) is 3.79. The van der Waals surface area contributed by atoms with E-state index >= 15 is 0 Å². The van der Waals surface area contributed by atoms with Crippen molar-refractivity contribution in [1.82, 2.24) is 9.97 Å². The summed E-state index contributed by atoms with van der Waals surface area (Å²) < 4.78 is 0. The zero-order valence-electron chi connectivity index (χ0n) is 11.1. The summed E-state index contributed by atoms with van der Waals surface area (Å²) in [6.45, 7) is 0.663. The van der Waals surface area contributed by atoms with Crippen molar-refractivity contribution in [3.63, 3.8) is 0 Å². The van der Waals surface area contributed by atoms with Crippen LogP contribution in [-0.4, -0.2) is 21.0 Å². The minimum atomic E-state index is -0.801. The molecule has 21 heavy (non-hydrogen) atoms. The molecule has 0 atom stereocenters. The van der Waals surface area contributed by atoms with Crippen molar-refractivity contribution in [2.24, 2.45) is 0 Å². The number of carbonyl (C=O) groups is 1. The van der Waals surface area contributed by atoms with E-state index in [0.717, 1.165) is 26.5 Å². The standard InChI is InChI=1S/C15H13N3O2S/c19-15(20)8-11-2-3-12(21-11)9-18-10-1-4-13-14(7-10)17-6-5-16-13/h1-7,18H,8-9H2,(H,19,20). The van der Waals surface area contributed by atoms with Gasteiger partial charge in [-0.2, -0.15) is 0 Å². The highest BCUT2D eigenvalue weighted by molar-refractivity contribution is 7.12. The van der Waals surface area contributed by atoms with Gasteiger partial charge in [-0.3, -0.25) is 14.8 Å². The number of aromatic nitrogens is 2. The van der Waals surface area contributed by atoms with Gasteiger partial charge in [-0.05, 0) is 30.3 Å². The highest BCUT2D eigenvalue weighted by Gasteiger charge is 2.05. The molecule has 0 radical (unpaired) electrons. The lowest BCUT2D eigenvalue weighted by atomic mass is 10.2. The van der Waals surface area contributed by atoms with E-state index in [9.17, 15) is 4.79 Å². The number of aliphatic carboxylic acids is 1. The fourth-order valence-electron chi connectivity index (χ4n) is 2.02. The van der Waals surface area contributed by atoms with Crippen LogP contribution in [0.3, 0.4) is 0 Å². The Morgan fingerprint density at radius 3 is 2.67 bits per heavy atom. The molecule has 0 aliphatic heterocycles. The van der Waals surface area contributed by atoms with Crippen molar-refractivity contribution in [2.75, 3.05) is 5.32 Å². The van der Waals surface area contributed by atoms with E-state index in [2.05, 4.69) is 15.3 Å². The van der Waals surface area contributed by atoms with Crippen molar-refractivity contribution >= 4 is 34.0 Å². The number of hydrogen-bond acceptors (Lipinski definition) is 5. The first-order valence-corrected chi connectivity index (χ1v) is 7.26. The molecule has 2 heterocycles. The average Bonchev–Trinajstić information content (AvgIpc) is 2.91. The third-order valence-electron chi connectivity index (χ3n) is 2.98. The van der Waals surface area contributed by atoms with Gasteiger partial charge in [-0.1, -0.05) is 0 Å². The monoisotopic (exact) mass is 299 g/mol.